The van der Waals surface area contributed by atoms with E-state index in [1.54, 1.807) is 26.8 Å². The molecule has 1 aromatic rings. The van der Waals surface area contributed by atoms with E-state index in [1.807, 2.05) is 0 Å². The maximum Gasteiger partial charge on any atom is 0.273 e. The highest BCUT2D eigenvalue weighted by Crippen LogP contribution is 2.11. The Morgan fingerprint density at radius 3 is 2.87 bits per heavy atom. The topological polar surface area (TPSA) is 78.9 Å². The van der Waals surface area contributed by atoms with Crippen molar-refractivity contribution >= 4 is 5.91 Å². The van der Waals surface area contributed by atoms with E-state index in [1.165, 1.54) is 0 Å². The summed E-state index contributed by atoms with van der Waals surface area (Å²) in [5.41, 5.74) is -0.338. The Hall–Kier alpha value is -1.83. The van der Waals surface area contributed by atoms with Crippen molar-refractivity contribution < 1.29 is 9.32 Å². The summed E-state index contributed by atoms with van der Waals surface area (Å²) in [4.78, 5) is 11.5. The normalized spacial score (nSPS) is 10.8. The molecule has 0 atom stereocenters. The van der Waals surface area contributed by atoms with E-state index in [2.05, 4.69) is 16.5 Å². The standard InChI is InChI=1S/C10H13N3O2/c1-7-4-8(13-15-7)9(14)12-6-10(2,3)5-11/h4H,6H2,1-3H3,(H,12,14). The molecule has 1 heterocycles. The van der Waals surface area contributed by atoms with E-state index in [0.717, 1.165) is 0 Å². The molecule has 0 radical (unpaired) electrons. The molecule has 0 saturated carbocycles. The van der Waals surface area contributed by atoms with Gasteiger partial charge in [0.15, 0.2) is 5.69 Å². The number of aryl methyl sites for hydroxylation is 1. The number of aromatic nitrogens is 1. The van der Waals surface area contributed by atoms with Gasteiger partial charge in [-0.05, 0) is 20.8 Å². The Morgan fingerprint density at radius 1 is 1.73 bits per heavy atom. The Kier molecular flexibility index (Phi) is 3.10. The first kappa shape index (κ1) is 11.2. The zero-order valence-electron chi connectivity index (χ0n) is 9.00. The van der Waals surface area contributed by atoms with E-state index in [9.17, 15) is 4.79 Å². The number of hydrogen-bond acceptors (Lipinski definition) is 4. The molecule has 0 fully saturated rings. The van der Waals surface area contributed by atoms with Crippen LogP contribution in [-0.4, -0.2) is 17.6 Å². The highest BCUT2D eigenvalue weighted by Gasteiger charge is 2.19. The van der Waals surface area contributed by atoms with E-state index >= 15 is 0 Å². The van der Waals surface area contributed by atoms with E-state index in [0.29, 0.717) is 5.76 Å². The van der Waals surface area contributed by atoms with Crippen molar-refractivity contribution in [2.75, 3.05) is 6.54 Å². The Balaban J connectivity index is 2.55. The average molecular weight is 207 g/mol. The van der Waals surface area contributed by atoms with Gasteiger partial charge in [-0.1, -0.05) is 5.16 Å². The first-order valence-electron chi connectivity index (χ1n) is 4.57. The summed E-state index contributed by atoms with van der Waals surface area (Å²) in [5, 5.41) is 14.9. The molecule has 1 amide bonds. The lowest BCUT2D eigenvalue weighted by molar-refractivity contribution is 0.0934. The van der Waals surface area contributed by atoms with Crippen LogP contribution in [0.3, 0.4) is 0 Å². The predicted molar refractivity (Wildman–Crippen MR) is 53.0 cm³/mol. The number of nitrogens with zero attached hydrogens (tertiary/aromatic N) is 2. The van der Waals surface area contributed by atoms with Gasteiger partial charge in [-0.25, -0.2) is 0 Å². The molecule has 0 aliphatic rings. The van der Waals surface area contributed by atoms with Gasteiger partial charge in [-0.3, -0.25) is 4.79 Å². The second-order valence-electron chi connectivity index (χ2n) is 4.00. The number of amides is 1. The summed E-state index contributed by atoms with van der Waals surface area (Å²) >= 11 is 0. The molecule has 0 spiro atoms. The molecular weight excluding hydrogens is 194 g/mol. The first-order chi connectivity index (χ1) is 6.94. The Morgan fingerprint density at radius 2 is 2.40 bits per heavy atom. The lowest BCUT2D eigenvalue weighted by Crippen LogP contribution is -2.33. The molecule has 0 aromatic carbocycles. The average Bonchev–Trinajstić information content (AvgIpc) is 2.61. The highest BCUT2D eigenvalue weighted by molar-refractivity contribution is 5.92. The molecule has 1 rings (SSSR count). The fraction of sp³-hybridized carbons (Fsp3) is 0.500. The smallest absolute Gasteiger partial charge is 0.273 e. The van der Waals surface area contributed by atoms with Crippen molar-refractivity contribution in [2.45, 2.75) is 20.8 Å². The SMILES string of the molecule is Cc1cc(C(=O)NCC(C)(C)C#N)no1. The third kappa shape index (κ3) is 3.09. The fourth-order valence-corrected chi connectivity index (χ4v) is 0.905. The van der Waals surface area contributed by atoms with Crippen LogP contribution in [0.5, 0.6) is 0 Å². The molecule has 0 aliphatic heterocycles. The molecule has 5 heteroatoms. The van der Waals surface area contributed by atoms with Crippen LogP contribution in [0.1, 0.15) is 30.1 Å². The van der Waals surface area contributed by atoms with Crippen LogP contribution in [-0.2, 0) is 0 Å². The Labute approximate surface area is 88.1 Å². The van der Waals surface area contributed by atoms with Crippen molar-refractivity contribution in [3.05, 3.63) is 17.5 Å². The van der Waals surface area contributed by atoms with Crippen LogP contribution < -0.4 is 5.32 Å². The molecule has 0 saturated heterocycles. The van der Waals surface area contributed by atoms with E-state index in [-0.39, 0.29) is 18.1 Å². The number of carbonyl (C=O) groups excluding carboxylic acids is 1. The second kappa shape index (κ2) is 4.13. The van der Waals surface area contributed by atoms with Crippen LogP contribution >= 0.6 is 0 Å². The number of nitriles is 1. The maximum atomic E-state index is 11.5. The quantitative estimate of drug-likeness (QED) is 0.809. The summed E-state index contributed by atoms with van der Waals surface area (Å²) in [6.45, 7) is 5.50. The maximum absolute atomic E-state index is 11.5. The third-order valence-electron chi connectivity index (χ3n) is 1.85. The molecule has 0 unspecified atom stereocenters. The monoisotopic (exact) mass is 207 g/mol. The molecule has 15 heavy (non-hydrogen) atoms. The molecule has 0 bridgehead atoms. The largest absolute Gasteiger partial charge is 0.361 e. The number of carbonyl (C=O) groups is 1. The van der Waals surface area contributed by atoms with Crippen LogP contribution in [0.25, 0.3) is 0 Å². The van der Waals surface area contributed by atoms with Gasteiger partial charge >= 0.3 is 0 Å². The van der Waals surface area contributed by atoms with Gasteiger partial charge in [0.2, 0.25) is 0 Å². The molecular formula is C10H13N3O2. The number of rotatable bonds is 3. The van der Waals surface area contributed by atoms with Crippen LogP contribution in [0.2, 0.25) is 0 Å². The van der Waals surface area contributed by atoms with Crippen molar-refractivity contribution in [2.24, 2.45) is 5.41 Å². The predicted octanol–water partition coefficient (Wildman–Crippen LogP) is 1.26. The minimum atomic E-state index is -0.575. The van der Waals surface area contributed by atoms with Crippen molar-refractivity contribution in [1.29, 1.82) is 5.26 Å². The zero-order valence-corrected chi connectivity index (χ0v) is 9.00. The van der Waals surface area contributed by atoms with E-state index < -0.39 is 5.41 Å². The minimum absolute atomic E-state index is 0.237. The van der Waals surface area contributed by atoms with Gasteiger partial charge in [0, 0.05) is 12.6 Å². The van der Waals surface area contributed by atoms with Crippen LogP contribution in [0.15, 0.2) is 10.6 Å². The van der Waals surface area contributed by atoms with Gasteiger partial charge in [0.05, 0.1) is 11.5 Å². The van der Waals surface area contributed by atoms with Gasteiger partial charge in [0.1, 0.15) is 5.76 Å². The summed E-state index contributed by atoms with van der Waals surface area (Å²) in [6.07, 6.45) is 0. The van der Waals surface area contributed by atoms with Crippen LogP contribution in [0, 0.1) is 23.7 Å². The number of nitrogens with one attached hydrogen (secondary N) is 1. The van der Waals surface area contributed by atoms with Crippen molar-refractivity contribution in [3.8, 4) is 6.07 Å². The summed E-state index contributed by atoms with van der Waals surface area (Å²) in [5.74, 6) is 0.259. The zero-order chi connectivity index (χ0) is 11.5. The molecule has 1 N–H and O–H groups in total. The first-order valence-corrected chi connectivity index (χ1v) is 4.57. The van der Waals surface area contributed by atoms with E-state index in [4.69, 9.17) is 9.78 Å². The lowest BCUT2D eigenvalue weighted by atomic mass is 9.96. The summed E-state index contributed by atoms with van der Waals surface area (Å²) in [6, 6.07) is 3.65. The van der Waals surface area contributed by atoms with Gasteiger partial charge in [-0.2, -0.15) is 5.26 Å². The number of hydrogen-bond donors (Lipinski definition) is 1. The van der Waals surface area contributed by atoms with Crippen LogP contribution in [0.4, 0.5) is 0 Å². The third-order valence-corrected chi connectivity index (χ3v) is 1.85. The van der Waals surface area contributed by atoms with Gasteiger partial charge < -0.3 is 9.84 Å². The Bertz CT molecular complexity index is 401. The highest BCUT2D eigenvalue weighted by atomic mass is 16.5. The van der Waals surface area contributed by atoms with Crippen molar-refractivity contribution in [3.63, 3.8) is 0 Å². The summed E-state index contributed by atoms with van der Waals surface area (Å²) < 4.78 is 4.77. The summed E-state index contributed by atoms with van der Waals surface area (Å²) in [7, 11) is 0. The molecule has 1 aromatic heterocycles. The molecule has 80 valence electrons. The van der Waals surface area contributed by atoms with Crippen molar-refractivity contribution in [1.82, 2.24) is 10.5 Å². The lowest BCUT2D eigenvalue weighted by Gasteiger charge is -2.14. The molecule has 5 nitrogen and oxygen atoms in total. The fourth-order valence-electron chi connectivity index (χ4n) is 0.905. The molecule has 0 aliphatic carbocycles. The second-order valence-corrected chi connectivity index (χ2v) is 4.00. The minimum Gasteiger partial charge on any atom is -0.361 e. The van der Waals surface area contributed by atoms with Gasteiger partial charge in [0.25, 0.3) is 5.91 Å². The van der Waals surface area contributed by atoms with Gasteiger partial charge in [-0.15, -0.1) is 0 Å².